The minimum Gasteiger partial charge on any atom is -0.368 e. The van der Waals surface area contributed by atoms with Crippen molar-refractivity contribution in [2.45, 2.75) is 18.9 Å². The first-order valence-corrected chi connectivity index (χ1v) is 11.0. The topological polar surface area (TPSA) is 140 Å². The molecule has 1 atom stereocenters. The van der Waals surface area contributed by atoms with Gasteiger partial charge < -0.3 is 15.6 Å². The fourth-order valence-electron chi connectivity index (χ4n) is 4.56. The van der Waals surface area contributed by atoms with Crippen LogP contribution in [-0.4, -0.2) is 40.7 Å². The lowest BCUT2D eigenvalue weighted by Gasteiger charge is -2.27. The average Bonchev–Trinajstić information content (AvgIpc) is 3.46. The zero-order chi connectivity index (χ0) is 23.4. The monoisotopic (exact) mass is 475 g/mol. The lowest BCUT2D eigenvalue weighted by Crippen LogP contribution is -2.34. The maximum Gasteiger partial charge on any atom is 0.284 e. The Morgan fingerprint density at radius 3 is 2.76 bits per heavy atom. The van der Waals surface area contributed by atoms with Gasteiger partial charge in [-0.2, -0.15) is 15.1 Å². The summed E-state index contributed by atoms with van der Waals surface area (Å²) in [5.41, 5.74) is 6.46. The molecule has 0 amide bonds. The zero-order valence-corrected chi connectivity index (χ0v) is 18.5. The first-order valence-electron chi connectivity index (χ1n) is 10.7. The molecule has 0 saturated carbocycles. The summed E-state index contributed by atoms with van der Waals surface area (Å²) < 4.78 is 3.07. The number of nitrogen functional groups attached to an aromatic ring is 1. The molecule has 12 heteroatoms. The fraction of sp³-hybridized carbons (Fsp3) is 0.182. The molecule has 1 aliphatic heterocycles. The van der Waals surface area contributed by atoms with Crippen LogP contribution in [0.15, 0.2) is 58.5 Å². The van der Waals surface area contributed by atoms with Crippen LogP contribution < -0.4 is 21.8 Å². The number of nitrogens with one attached hydrogen (secondary N) is 1. The molecule has 1 aliphatic rings. The van der Waals surface area contributed by atoms with E-state index in [1.54, 1.807) is 16.8 Å². The van der Waals surface area contributed by atoms with Crippen molar-refractivity contribution in [3.05, 3.63) is 80.5 Å². The van der Waals surface area contributed by atoms with Crippen molar-refractivity contribution in [1.29, 1.82) is 0 Å². The van der Waals surface area contributed by atoms with Gasteiger partial charge in [0.15, 0.2) is 11.5 Å². The van der Waals surface area contributed by atoms with E-state index in [4.69, 9.17) is 22.4 Å². The number of para-hydroxylation sites is 1. The molecule has 34 heavy (non-hydrogen) atoms. The molecule has 5 heterocycles. The predicted molar refractivity (Wildman–Crippen MR) is 127 cm³/mol. The van der Waals surface area contributed by atoms with Crippen LogP contribution in [-0.2, 0) is 0 Å². The summed E-state index contributed by atoms with van der Waals surface area (Å²) >= 11 is 6.31. The summed E-state index contributed by atoms with van der Waals surface area (Å²) in [5, 5.41) is 5.35. The third-order valence-corrected chi connectivity index (χ3v) is 6.30. The van der Waals surface area contributed by atoms with Crippen LogP contribution in [0.1, 0.15) is 24.7 Å². The minimum absolute atomic E-state index is 0.00676. The normalized spacial score (nSPS) is 16.0. The van der Waals surface area contributed by atoms with Gasteiger partial charge >= 0.3 is 0 Å². The second kappa shape index (κ2) is 7.66. The molecular formula is C22H18ClN9O2. The minimum atomic E-state index is -0.369. The third-order valence-electron chi connectivity index (χ3n) is 6.00. The average molecular weight is 476 g/mol. The van der Waals surface area contributed by atoms with Crippen molar-refractivity contribution in [2.24, 2.45) is 0 Å². The van der Waals surface area contributed by atoms with E-state index in [-0.39, 0.29) is 39.7 Å². The summed E-state index contributed by atoms with van der Waals surface area (Å²) in [6, 6.07) is 10.5. The van der Waals surface area contributed by atoms with Crippen molar-refractivity contribution in [3.8, 4) is 5.69 Å². The number of halogens is 1. The van der Waals surface area contributed by atoms with E-state index in [9.17, 15) is 9.59 Å². The molecule has 1 aromatic carbocycles. The van der Waals surface area contributed by atoms with Crippen molar-refractivity contribution >= 4 is 39.9 Å². The number of anilines is 2. The molecule has 0 unspecified atom stereocenters. The van der Waals surface area contributed by atoms with E-state index in [1.807, 2.05) is 35.2 Å². The number of fused-ring (bicyclic) bond motifs is 2. The van der Waals surface area contributed by atoms with Gasteiger partial charge in [0.2, 0.25) is 5.95 Å². The van der Waals surface area contributed by atoms with E-state index < -0.39 is 0 Å². The van der Waals surface area contributed by atoms with Crippen LogP contribution in [0.25, 0.3) is 22.2 Å². The van der Waals surface area contributed by atoms with E-state index in [0.29, 0.717) is 35.3 Å². The molecule has 3 N–H and O–H groups in total. The number of aromatic nitrogens is 7. The van der Waals surface area contributed by atoms with Crippen LogP contribution in [0.2, 0.25) is 5.02 Å². The van der Waals surface area contributed by atoms with Gasteiger partial charge in [-0.1, -0.05) is 29.8 Å². The summed E-state index contributed by atoms with van der Waals surface area (Å²) in [4.78, 5) is 43.5. The van der Waals surface area contributed by atoms with Gasteiger partial charge in [-0.3, -0.25) is 14.2 Å². The van der Waals surface area contributed by atoms with Gasteiger partial charge in [0.1, 0.15) is 16.7 Å². The highest BCUT2D eigenvalue weighted by molar-refractivity contribution is 6.33. The fourth-order valence-corrected chi connectivity index (χ4v) is 4.78. The zero-order valence-electron chi connectivity index (χ0n) is 17.7. The van der Waals surface area contributed by atoms with Crippen LogP contribution in [0.4, 0.5) is 11.8 Å². The molecule has 0 radical (unpaired) electrons. The quantitative estimate of drug-likeness (QED) is 0.404. The highest BCUT2D eigenvalue weighted by Gasteiger charge is 2.34. The molecular weight excluding hydrogens is 458 g/mol. The highest BCUT2D eigenvalue weighted by Crippen LogP contribution is 2.37. The number of aromatic amines is 1. The number of hydrogen-bond acceptors (Lipinski definition) is 8. The third kappa shape index (κ3) is 3.05. The van der Waals surface area contributed by atoms with Gasteiger partial charge in [-0.15, -0.1) is 0 Å². The molecule has 1 fully saturated rings. The second-order valence-corrected chi connectivity index (χ2v) is 8.39. The Labute approximate surface area is 196 Å². The molecule has 5 aromatic rings. The van der Waals surface area contributed by atoms with Crippen LogP contribution in [0.3, 0.4) is 0 Å². The van der Waals surface area contributed by atoms with E-state index >= 15 is 0 Å². The number of H-pyrrole nitrogens is 1. The predicted octanol–water partition coefficient (Wildman–Crippen LogP) is 2.09. The SMILES string of the molecule is Nc1nc(N2CCC[C@H]2c2nn3ccc(Cl)c3c(=O)n2-c2ccccc2)c2c(=O)[nH]cnc2n1. The Balaban J connectivity index is 1.62. The van der Waals surface area contributed by atoms with Crippen LogP contribution in [0.5, 0.6) is 0 Å². The Hall–Kier alpha value is -4.25. The molecule has 6 rings (SSSR count). The maximum absolute atomic E-state index is 13.6. The highest BCUT2D eigenvalue weighted by atomic mass is 35.5. The smallest absolute Gasteiger partial charge is 0.284 e. The maximum atomic E-state index is 13.6. The van der Waals surface area contributed by atoms with Crippen molar-refractivity contribution in [2.75, 3.05) is 17.2 Å². The Morgan fingerprint density at radius 1 is 1.12 bits per heavy atom. The molecule has 0 spiro atoms. The van der Waals surface area contributed by atoms with E-state index in [1.165, 1.54) is 10.8 Å². The molecule has 11 nitrogen and oxygen atoms in total. The molecule has 170 valence electrons. The van der Waals surface area contributed by atoms with Gasteiger partial charge in [0.05, 0.1) is 23.1 Å². The first kappa shape index (κ1) is 20.4. The molecule has 0 aliphatic carbocycles. The molecule has 4 aromatic heterocycles. The molecule has 0 bridgehead atoms. The summed E-state index contributed by atoms with van der Waals surface area (Å²) in [6.45, 7) is 0.583. The van der Waals surface area contributed by atoms with Gasteiger partial charge in [0.25, 0.3) is 11.1 Å². The van der Waals surface area contributed by atoms with Crippen molar-refractivity contribution < 1.29 is 0 Å². The summed E-state index contributed by atoms with van der Waals surface area (Å²) in [7, 11) is 0. The summed E-state index contributed by atoms with van der Waals surface area (Å²) in [6.07, 6.45) is 4.41. The largest absolute Gasteiger partial charge is 0.368 e. The number of benzene rings is 1. The first-order chi connectivity index (χ1) is 16.5. The Kier molecular flexibility index (Phi) is 4.59. The number of rotatable bonds is 3. The summed E-state index contributed by atoms with van der Waals surface area (Å²) in [5.74, 6) is 0.866. The number of hydrogen-bond donors (Lipinski definition) is 2. The van der Waals surface area contributed by atoms with Crippen LogP contribution >= 0.6 is 11.6 Å². The Bertz CT molecular complexity index is 1680. The van der Waals surface area contributed by atoms with Gasteiger partial charge in [-0.25, -0.2) is 9.50 Å². The lowest BCUT2D eigenvalue weighted by molar-refractivity contribution is 0.602. The van der Waals surface area contributed by atoms with Crippen molar-refractivity contribution in [3.63, 3.8) is 0 Å². The van der Waals surface area contributed by atoms with E-state index in [0.717, 1.165) is 6.42 Å². The number of nitrogens with two attached hydrogens (primary N) is 1. The van der Waals surface area contributed by atoms with Gasteiger partial charge in [0, 0.05) is 12.7 Å². The lowest BCUT2D eigenvalue weighted by atomic mass is 10.2. The molecule has 1 saturated heterocycles. The second-order valence-electron chi connectivity index (χ2n) is 7.98. The van der Waals surface area contributed by atoms with Gasteiger partial charge in [-0.05, 0) is 31.0 Å². The Morgan fingerprint density at radius 2 is 1.94 bits per heavy atom. The number of nitrogens with zero attached hydrogens (tertiary/aromatic N) is 7. The van der Waals surface area contributed by atoms with Crippen molar-refractivity contribution in [1.82, 2.24) is 34.1 Å². The van der Waals surface area contributed by atoms with E-state index in [2.05, 4.69) is 19.9 Å². The van der Waals surface area contributed by atoms with Crippen LogP contribution in [0, 0.1) is 0 Å². The standard InChI is InChI=1S/C22H18ClN9O2/c23-13-8-10-31-16(13)21(34)32(12-5-2-1-3-6-12)18(29-31)14-7-4-9-30(14)19-15-17(27-22(24)28-19)25-11-26-20(15)33/h1-3,5-6,8,10-11,14H,4,7,9H2,(H3,24,25,26,27,28,33)/t14-/m0/s1.